The molecule has 0 saturated carbocycles. The molecule has 0 bridgehead atoms. The molecule has 0 aromatic heterocycles. The highest BCUT2D eigenvalue weighted by atomic mass is 32.2. The van der Waals surface area contributed by atoms with Crippen LogP contribution >= 0.6 is 0 Å². The van der Waals surface area contributed by atoms with Crippen LogP contribution in [0.3, 0.4) is 0 Å². The topological polar surface area (TPSA) is 43.4 Å². The van der Waals surface area contributed by atoms with E-state index in [2.05, 4.69) is 0 Å². The zero-order valence-electron chi connectivity index (χ0n) is 8.91. The second kappa shape index (κ2) is 5.60. The maximum atomic E-state index is 11.2. The van der Waals surface area contributed by atoms with E-state index in [1.54, 1.807) is 0 Å². The van der Waals surface area contributed by atoms with E-state index in [0.717, 1.165) is 0 Å². The van der Waals surface area contributed by atoms with E-state index in [4.69, 9.17) is 4.18 Å². The molecule has 0 aliphatic rings. The molecule has 0 rings (SSSR count). The molecule has 0 radical (unpaired) electrons. The smallest absolute Gasteiger partial charge is 0.267 e. The molecule has 0 aromatic carbocycles. The van der Waals surface area contributed by atoms with Crippen molar-refractivity contribution in [3.63, 3.8) is 0 Å². The maximum absolute atomic E-state index is 11.2. The van der Waals surface area contributed by atoms with Crippen LogP contribution in [0.2, 0.25) is 0 Å². The summed E-state index contributed by atoms with van der Waals surface area (Å²) in [6.07, 6.45) is 0.667. The maximum Gasteiger partial charge on any atom is 0.267 e. The first-order valence-electron chi connectivity index (χ1n) is 4.70. The van der Waals surface area contributed by atoms with Gasteiger partial charge in [-0.15, -0.1) is 0 Å². The van der Waals surface area contributed by atoms with E-state index in [0.29, 0.717) is 18.9 Å². The molecule has 0 heterocycles. The van der Waals surface area contributed by atoms with Gasteiger partial charge in [0.25, 0.3) is 10.1 Å². The lowest BCUT2D eigenvalue weighted by Gasteiger charge is -2.08. The monoisotopic (exact) mass is 208 g/mol. The lowest BCUT2D eigenvalue weighted by atomic mass is 10.2. The van der Waals surface area contributed by atoms with Crippen LogP contribution in [0.5, 0.6) is 0 Å². The lowest BCUT2D eigenvalue weighted by molar-refractivity contribution is 0.274. The SMILES string of the molecule is CC(C)CCS(=O)(=O)OCC(C)C. The van der Waals surface area contributed by atoms with Crippen LogP contribution in [-0.4, -0.2) is 20.8 Å². The molecule has 80 valence electrons. The Morgan fingerprint density at radius 3 is 2.00 bits per heavy atom. The Kier molecular flexibility index (Phi) is 5.56. The van der Waals surface area contributed by atoms with Gasteiger partial charge in [-0.3, -0.25) is 4.18 Å². The van der Waals surface area contributed by atoms with Crippen molar-refractivity contribution in [1.29, 1.82) is 0 Å². The molecule has 0 aromatic rings. The predicted octanol–water partition coefficient (Wildman–Crippen LogP) is 2.03. The van der Waals surface area contributed by atoms with Crippen LogP contribution in [-0.2, 0) is 14.3 Å². The Bertz CT molecular complexity index is 199. The van der Waals surface area contributed by atoms with Crippen molar-refractivity contribution in [1.82, 2.24) is 0 Å². The van der Waals surface area contributed by atoms with Gasteiger partial charge in [0.2, 0.25) is 0 Å². The van der Waals surface area contributed by atoms with Crippen molar-refractivity contribution in [2.24, 2.45) is 11.8 Å². The van der Waals surface area contributed by atoms with Crippen molar-refractivity contribution in [3.8, 4) is 0 Å². The van der Waals surface area contributed by atoms with Gasteiger partial charge in [-0.25, -0.2) is 0 Å². The molecular formula is C9H20O3S. The van der Waals surface area contributed by atoms with Crippen LogP contribution in [0, 0.1) is 11.8 Å². The quantitative estimate of drug-likeness (QED) is 0.627. The van der Waals surface area contributed by atoms with Gasteiger partial charge in [-0.05, 0) is 18.3 Å². The number of hydrogen-bond donors (Lipinski definition) is 0. The normalized spacial score (nSPS) is 12.8. The molecule has 0 aliphatic carbocycles. The zero-order chi connectivity index (χ0) is 10.5. The van der Waals surface area contributed by atoms with Gasteiger partial charge in [0.15, 0.2) is 0 Å². The molecule has 0 aliphatic heterocycles. The van der Waals surface area contributed by atoms with Crippen LogP contribution < -0.4 is 0 Å². The highest BCUT2D eigenvalue weighted by Gasteiger charge is 2.12. The van der Waals surface area contributed by atoms with Crippen molar-refractivity contribution in [3.05, 3.63) is 0 Å². The second-order valence-electron chi connectivity index (χ2n) is 4.12. The van der Waals surface area contributed by atoms with Gasteiger partial charge in [0.1, 0.15) is 0 Å². The molecular weight excluding hydrogens is 188 g/mol. The highest BCUT2D eigenvalue weighted by Crippen LogP contribution is 2.06. The number of rotatable bonds is 6. The van der Waals surface area contributed by atoms with Crippen molar-refractivity contribution < 1.29 is 12.6 Å². The van der Waals surface area contributed by atoms with E-state index < -0.39 is 10.1 Å². The molecule has 3 nitrogen and oxygen atoms in total. The third-order valence-corrected chi connectivity index (χ3v) is 2.76. The molecule has 0 spiro atoms. The summed E-state index contributed by atoms with van der Waals surface area (Å²) in [6, 6.07) is 0. The fourth-order valence-electron chi connectivity index (χ4n) is 0.679. The molecule has 0 fully saturated rings. The van der Waals surface area contributed by atoms with Crippen molar-refractivity contribution in [2.45, 2.75) is 34.1 Å². The summed E-state index contributed by atoms with van der Waals surface area (Å²) in [7, 11) is -3.27. The Labute approximate surface area is 81.6 Å². The summed E-state index contributed by atoms with van der Waals surface area (Å²) in [5.74, 6) is 0.795. The molecule has 0 amide bonds. The van der Waals surface area contributed by atoms with E-state index in [1.807, 2.05) is 27.7 Å². The molecule has 4 heteroatoms. The van der Waals surface area contributed by atoms with Crippen LogP contribution in [0.1, 0.15) is 34.1 Å². The standard InChI is InChI=1S/C9H20O3S/c1-8(2)5-6-13(10,11)12-7-9(3)4/h8-9H,5-7H2,1-4H3. The van der Waals surface area contributed by atoms with E-state index in [9.17, 15) is 8.42 Å². The molecule has 0 atom stereocenters. The van der Waals surface area contributed by atoms with E-state index in [-0.39, 0.29) is 11.7 Å². The minimum atomic E-state index is -3.27. The Morgan fingerprint density at radius 1 is 1.08 bits per heavy atom. The zero-order valence-corrected chi connectivity index (χ0v) is 9.73. The van der Waals surface area contributed by atoms with Crippen molar-refractivity contribution >= 4 is 10.1 Å². The minimum absolute atomic E-state index is 0.136. The molecule has 13 heavy (non-hydrogen) atoms. The number of hydrogen-bond acceptors (Lipinski definition) is 3. The van der Waals surface area contributed by atoms with Gasteiger partial charge in [0.05, 0.1) is 12.4 Å². The molecule has 0 unspecified atom stereocenters. The Morgan fingerprint density at radius 2 is 1.62 bits per heavy atom. The largest absolute Gasteiger partial charge is 0.270 e. The van der Waals surface area contributed by atoms with Gasteiger partial charge in [0, 0.05) is 0 Å². The van der Waals surface area contributed by atoms with Crippen molar-refractivity contribution in [2.75, 3.05) is 12.4 Å². The molecule has 0 saturated heterocycles. The summed E-state index contributed by atoms with van der Waals surface area (Å²) < 4.78 is 27.2. The fourth-order valence-corrected chi connectivity index (χ4v) is 2.04. The van der Waals surface area contributed by atoms with Crippen LogP contribution in [0.15, 0.2) is 0 Å². The second-order valence-corrected chi connectivity index (χ2v) is 5.88. The van der Waals surface area contributed by atoms with Crippen LogP contribution in [0.25, 0.3) is 0 Å². The summed E-state index contributed by atoms with van der Waals surface area (Å²) in [5.41, 5.74) is 0. The van der Waals surface area contributed by atoms with Gasteiger partial charge < -0.3 is 0 Å². The first-order chi connectivity index (χ1) is 5.83. The van der Waals surface area contributed by atoms with Gasteiger partial charge in [-0.2, -0.15) is 8.42 Å². The van der Waals surface area contributed by atoms with Gasteiger partial charge >= 0.3 is 0 Å². The minimum Gasteiger partial charge on any atom is -0.270 e. The summed E-state index contributed by atoms with van der Waals surface area (Å²) >= 11 is 0. The Balaban J connectivity index is 3.81. The highest BCUT2D eigenvalue weighted by molar-refractivity contribution is 7.86. The molecule has 0 N–H and O–H groups in total. The third-order valence-electron chi connectivity index (χ3n) is 1.53. The van der Waals surface area contributed by atoms with Crippen LogP contribution in [0.4, 0.5) is 0 Å². The Hall–Kier alpha value is -0.0900. The summed E-state index contributed by atoms with van der Waals surface area (Å²) in [5, 5.41) is 0. The predicted molar refractivity (Wildman–Crippen MR) is 54.0 cm³/mol. The lowest BCUT2D eigenvalue weighted by Crippen LogP contribution is -2.15. The first-order valence-corrected chi connectivity index (χ1v) is 6.28. The van der Waals surface area contributed by atoms with E-state index in [1.165, 1.54) is 0 Å². The first kappa shape index (κ1) is 12.9. The third kappa shape index (κ3) is 8.25. The average Bonchev–Trinajstić information content (AvgIpc) is 1.98. The summed E-state index contributed by atoms with van der Waals surface area (Å²) in [4.78, 5) is 0. The fraction of sp³-hybridized carbons (Fsp3) is 1.00. The van der Waals surface area contributed by atoms with E-state index >= 15 is 0 Å². The average molecular weight is 208 g/mol. The summed E-state index contributed by atoms with van der Waals surface area (Å²) in [6.45, 7) is 8.15. The van der Waals surface area contributed by atoms with Gasteiger partial charge in [-0.1, -0.05) is 27.7 Å².